The third-order valence-corrected chi connectivity index (χ3v) is 7.34. The number of hydrogen-bond acceptors (Lipinski definition) is 12. The number of esters is 1. The van der Waals surface area contributed by atoms with Gasteiger partial charge in [-0.3, -0.25) is 4.79 Å². The Morgan fingerprint density at radius 1 is 0.816 bits per heavy atom. The van der Waals surface area contributed by atoms with Gasteiger partial charge < -0.3 is 52.1 Å². The van der Waals surface area contributed by atoms with Crippen LogP contribution in [0.2, 0.25) is 0 Å². The highest BCUT2D eigenvalue weighted by atomic mass is 16.7. The van der Waals surface area contributed by atoms with Crippen molar-refractivity contribution < 1.29 is 56.9 Å². The predicted octanol–water partition coefficient (Wildman–Crippen LogP) is 2.94. The molecule has 0 aliphatic carbocycles. The monoisotopic (exact) mass is 532 g/mol. The molecule has 6 rings (SSSR count). The first-order valence-electron chi connectivity index (χ1n) is 12.0. The first-order valence-corrected chi connectivity index (χ1v) is 12.0. The van der Waals surface area contributed by atoms with Gasteiger partial charge in [0.15, 0.2) is 28.6 Å². The summed E-state index contributed by atoms with van der Waals surface area (Å²) in [6.07, 6.45) is -1.45. The number of fused-ring (bicyclic) bond motifs is 3. The Morgan fingerprint density at radius 3 is 1.95 bits per heavy atom. The summed E-state index contributed by atoms with van der Waals surface area (Å²) >= 11 is 0. The summed E-state index contributed by atoms with van der Waals surface area (Å²) in [5.74, 6) is 2.61. The molecule has 0 amide bonds. The third-order valence-electron chi connectivity index (χ3n) is 7.34. The fourth-order valence-electron chi connectivity index (χ4n) is 5.85. The Morgan fingerprint density at radius 2 is 1.39 bits per heavy atom. The quantitative estimate of drug-likeness (QED) is 0.488. The molecular formula is C26H28O12. The molecule has 4 heterocycles. The fourth-order valence-corrected chi connectivity index (χ4v) is 5.85. The van der Waals surface area contributed by atoms with E-state index in [0.29, 0.717) is 57.1 Å². The van der Waals surface area contributed by atoms with E-state index in [2.05, 4.69) is 0 Å². The zero-order chi connectivity index (χ0) is 26.6. The van der Waals surface area contributed by atoms with Gasteiger partial charge in [0.05, 0.1) is 64.8 Å². The highest BCUT2D eigenvalue weighted by Crippen LogP contribution is 2.63. The first-order chi connectivity index (χ1) is 18.5. The largest absolute Gasteiger partial charge is 0.496 e. The molecule has 4 aliphatic rings. The maximum atomic E-state index is 12.5. The normalized spacial score (nSPS) is 26.2. The standard InChI is InChI=1S/C26H28O12/c1-12(27)38-26-9-33-20(18-14(28-2)6-16-21(23(18)30-4)36-10-34-16)13(26)8-32-25(26)19-15(29-3)7-17-22(24(19)31-5)37-11-35-17/h6-7,13,20,25H,8-11H2,1-5H3. The Balaban J connectivity index is 1.49. The van der Waals surface area contributed by atoms with Crippen LogP contribution >= 0.6 is 0 Å². The van der Waals surface area contributed by atoms with Crippen LogP contribution in [0.15, 0.2) is 12.1 Å². The summed E-state index contributed by atoms with van der Waals surface area (Å²) in [6, 6.07) is 3.43. The average Bonchev–Trinajstić information content (AvgIpc) is 3.69. The minimum Gasteiger partial charge on any atom is -0.496 e. The summed E-state index contributed by atoms with van der Waals surface area (Å²) in [6.45, 7) is 1.65. The molecule has 4 unspecified atom stereocenters. The van der Waals surface area contributed by atoms with E-state index in [9.17, 15) is 4.79 Å². The second-order valence-electron chi connectivity index (χ2n) is 9.12. The van der Waals surface area contributed by atoms with Crippen LogP contribution in [-0.2, 0) is 19.0 Å². The van der Waals surface area contributed by atoms with E-state index >= 15 is 0 Å². The first kappa shape index (κ1) is 24.6. The number of rotatable bonds is 7. The van der Waals surface area contributed by atoms with Crippen molar-refractivity contribution >= 4 is 5.97 Å². The lowest BCUT2D eigenvalue weighted by atomic mass is 9.79. The topological polar surface area (TPSA) is 119 Å². The van der Waals surface area contributed by atoms with Crippen LogP contribution in [0.5, 0.6) is 46.0 Å². The van der Waals surface area contributed by atoms with E-state index in [0.717, 1.165) is 0 Å². The van der Waals surface area contributed by atoms with E-state index in [1.165, 1.54) is 28.3 Å². The van der Waals surface area contributed by atoms with Gasteiger partial charge in [0.1, 0.15) is 17.6 Å². The summed E-state index contributed by atoms with van der Waals surface area (Å²) < 4.78 is 64.3. The van der Waals surface area contributed by atoms with Crippen LogP contribution in [-0.4, -0.2) is 66.8 Å². The van der Waals surface area contributed by atoms with Gasteiger partial charge >= 0.3 is 5.97 Å². The van der Waals surface area contributed by atoms with Gasteiger partial charge in [0, 0.05) is 19.1 Å². The molecular weight excluding hydrogens is 504 g/mol. The summed E-state index contributed by atoms with van der Waals surface area (Å²) in [5.41, 5.74) is -0.110. The number of ether oxygens (including phenoxy) is 11. The second kappa shape index (κ2) is 9.21. The van der Waals surface area contributed by atoms with E-state index < -0.39 is 29.7 Å². The molecule has 4 atom stereocenters. The SMILES string of the molecule is COc1cc2c(c(OC)c1C1OCC3(OC(C)=O)C(c4c(OC)cc5c(c4OC)OCO5)OCC13)OCO2. The molecule has 0 spiro atoms. The van der Waals surface area contributed by atoms with Crippen LogP contribution in [0.1, 0.15) is 30.3 Å². The zero-order valence-corrected chi connectivity index (χ0v) is 21.6. The molecule has 0 bridgehead atoms. The minimum atomic E-state index is -1.24. The Bertz CT molecular complexity index is 1280. The smallest absolute Gasteiger partial charge is 0.303 e. The van der Waals surface area contributed by atoms with E-state index in [1.54, 1.807) is 19.2 Å². The molecule has 0 saturated carbocycles. The molecule has 0 N–H and O–H groups in total. The highest BCUT2D eigenvalue weighted by Gasteiger charge is 2.65. The van der Waals surface area contributed by atoms with Gasteiger partial charge in [0.2, 0.25) is 25.1 Å². The van der Waals surface area contributed by atoms with Crippen LogP contribution in [0.25, 0.3) is 0 Å². The second-order valence-corrected chi connectivity index (χ2v) is 9.12. The zero-order valence-electron chi connectivity index (χ0n) is 21.6. The highest BCUT2D eigenvalue weighted by molar-refractivity contribution is 5.69. The molecule has 2 saturated heterocycles. The van der Waals surface area contributed by atoms with Gasteiger partial charge in [-0.1, -0.05) is 0 Å². The minimum absolute atomic E-state index is 0.0219. The molecule has 0 radical (unpaired) electrons. The van der Waals surface area contributed by atoms with Gasteiger partial charge in [-0.2, -0.15) is 0 Å². The van der Waals surface area contributed by atoms with Crippen molar-refractivity contribution in [2.45, 2.75) is 24.7 Å². The van der Waals surface area contributed by atoms with Crippen LogP contribution in [0, 0.1) is 5.92 Å². The number of carbonyl (C=O) groups excluding carboxylic acids is 1. The van der Waals surface area contributed by atoms with Crippen molar-refractivity contribution in [3.05, 3.63) is 23.3 Å². The average molecular weight is 532 g/mol. The van der Waals surface area contributed by atoms with Crippen LogP contribution in [0.3, 0.4) is 0 Å². The predicted molar refractivity (Wildman–Crippen MR) is 127 cm³/mol. The molecule has 0 aromatic heterocycles. The van der Waals surface area contributed by atoms with Gasteiger partial charge in [-0.05, 0) is 0 Å². The molecule has 2 aromatic rings. The summed E-state index contributed by atoms with van der Waals surface area (Å²) in [5, 5.41) is 0. The summed E-state index contributed by atoms with van der Waals surface area (Å²) in [4.78, 5) is 12.5. The summed E-state index contributed by atoms with van der Waals surface area (Å²) in [7, 11) is 6.12. The van der Waals surface area contributed by atoms with Crippen molar-refractivity contribution in [1.29, 1.82) is 0 Å². The molecule has 2 aromatic carbocycles. The van der Waals surface area contributed by atoms with Crippen molar-refractivity contribution in [2.75, 3.05) is 55.2 Å². The Labute approximate surface area is 218 Å². The number of methoxy groups -OCH3 is 4. The Hall–Kier alpha value is -3.77. The number of carbonyl (C=O) groups is 1. The van der Waals surface area contributed by atoms with E-state index in [4.69, 9.17) is 52.1 Å². The number of benzene rings is 2. The molecule has 2 fully saturated rings. The lowest BCUT2D eigenvalue weighted by Gasteiger charge is -2.33. The molecule has 204 valence electrons. The van der Waals surface area contributed by atoms with Crippen LogP contribution < -0.4 is 37.9 Å². The van der Waals surface area contributed by atoms with Gasteiger partial charge in [-0.15, -0.1) is 0 Å². The molecule has 12 heteroatoms. The molecule has 38 heavy (non-hydrogen) atoms. The van der Waals surface area contributed by atoms with Crippen molar-refractivity contribution in [3.8, 4) is 46.0 Å². The van der Waals surface area contributed by atoms with Gasteiger partial charge in [0.25, 0.3) is 0 Å². The maximum absolute atomic E-state index is 12.5. The lowest BCUT2D eigenvalue weighted by molar-refractivity contribution is -0.167. The third kappa shape index (κ3) is 3.39. The number of hydrogen-bond donors (Lipinski definition) is 0. The molecule has 4 aliphatic heterocycles. The van der Waals surface area contributed by atoms with E-state index in [1.807, 2.05) is 0 Å². The van der Waals surface area contributed by atoms with Gasteiger partial charge in [-0.25, -0.2) is 0 Å². The van der Waals surface area contributed by atoms with Crippen LogP contribution in [0.4, 0.5) is 0 Å². The van der Waals surface area contributed by atoms with Crippen molar-refractivity contribution in [1.82, 2.24) is 0 Å². The Kier molecular flexibility index (Phi) is 5.95. The lowest BCUT2D eigenvalue weighted by Crippen LogP contribution is -2.44. The maximum Gasteiger partial charge on any atom is 0.303 e. The van der Waals surface area contributed by atoms with E-state index in [-0.39, 0.29) is 26.8 Å². The molecule has 12 nitrogen and oxygen atoms in total. The van der Waals surface area contributed by atoms with Crippen molar-refractivity contribution in [2.24, 2.45) is 5.92 Å². The fraction of sp³-hybridized carbons (Fsp3) is 0.500. The van der Waals surface area contributed by atoms with Crippen molar-refractivity contribution in [3.63, 3.8) is 0 Å².